The van der Waals surface area contributed by atoms with E-state index in [0.717, 1.165) is 0 Å². The first kappa shape index (κ1) is 10.2. The number of carbonyl (C=O) groups is 1. The highest BCUT2D eigenvalue weighted by atomic mass is 16.1. The minimum atomic E-state index is -0.253. The molecule has 1 heterocycles. The summed E-state index contributed by atoms with van der Waals surface area (Å²) in [4.78, 5) is 22.2. The van der Waals surface area contributed by atoms with Crippen molar-refractivity contribution in [1.82, 2.24) is 4.57 Å². The highest BCUT2D eigenvalue weighted by Crippen LogP contribution is 2.02. The van der Waals surface area contributed by atoms with E-state index in [1.54, 1.807) is 6.92 Å². The zero-order chi connectivity index (χ0) is 10.7. The molecule has 0 unspecified atom stereocenters. The summed E-state index contributed by atoms with van der Waals surface area (Å²) in [7, 11) is 0. The molecule has 0 N–H and O–H groups in total. The Labute approximate surface area is 81.4 Å². The van der Waals surface area contributed by atoms with Crippen LogP contribution in [-0.2, 0) is 11.3 Å². The summed E-state index contributed by atoms with van der Waals surface area (Å²) in [6.45, 7) is 3.09. The van der Waals surface area contributed by atoms with Crippen molar-refractivity contribution in [2.24, 2.45) is 0 Å². The van der Waals surface area contributed by atoms with Gasteiger partial charge in [-0.25, -0.2) is 0 Å². The number of hydrogen-bond donors (Lipinski definition) is 0. The van der Waals surface area contributed by atoms with E-state index < -0.39 is 0 Å². The maximum absolute atomic E-state index is 11.3. The number of rotatable bonds is 2. The van der Waals surface area contributed by atoms with E-state index in [9.17, 15) is 9.59 Å². The third-order valence-electron chi connectivity index (χ3n) is 1.95. The molecule has 0 fully saturated rings. The molecule has 14 heavy (non-hydrogen) atoms. The number of hydrogen-bond acceptors (Lipinski definition) is 3. The second kappa shape index (κ2) is 3.88. The molecule has 1 aromatic rings. The van der Waals surface area contributed by atoms with Crippen LogP contribution in [0.2, 0.25) is 0 Å². The van der Waals surface area contributed by atoms with Gasteiger partial charge in [0.1, 0.15) is 11.9 Å². The van der Waals surface area contributed by atoms with E-state index in [1.165, 1.54) is 23.6 Å². The van der Waals surface area contributed by atoms with Crippen molar-refractivity contribution in [2.75, 3.05) is 0 Å². The van der Waals surface area contributed by atoms with Crippen molar-refractivity contribution in [3.8, 4) is 6.07 Å². The molecule has 0 aromatic carbocycles. The predicted molar refractivity (Wildman–Crippen MR) is 50.8 cm³/mol. The fourth-order valence-electron chi connectivity index (χ4n) is 1.21. The number of nitriles is 1. The van der Waals surface area contributed by atoms with Crippen LogP contribution in [0.3, 0.4) is 0 Å². The SMILES string of the molecule is CC(=O)Cn1c(C)c(C#N)ccc1=O. The molecule has 0 bridgehead atoms. The standard InChI is InChI=1S/C10H10N2O2/c1-7(13)6-12-8(2)9(5-11)3-4-10(12)14/h3-4H,6H2,1-2H3. The largest absolute Gasteiger partial charge is 0.304 e. The van der Waals surface area contributed by atoms with Gasteiger partial charge in [-0.05, 0) is 19.9 Å². The van der Waals surface area contributed by atoms with E-state index in [0.29, 0.717) is 11.3 Å². The van der Waals surface area contributed by atoms with Crippen LogP contribution in [0.1, 0.15) is 18.2 Å². The number of pyridine rings is 1. The zero-order valence-electron chi connectivity index (χ0n) is 8.07. The van der Waals surface area contributed by atoms with Gasteiger partial charge in [0.15, 0.2) is 0 Å². The third kappa shape index (κ3) is 1.88. The van der Waals surface area contributed by atoms with Gasteiger partial charge >= 0.3 is 0 Å². The summed E-state index contributed by atoms with van der Waals surface area (Å²) in [5, 5.41) is 8.72. The molecule has 1 rings (SSSR count). The Balaban J connectivity index is 3.34. The molecular formula is C10H10N2O2. The molecule has 0 saturated carbocycles. The van der Waals surface area contributed by atoms with Crippen molar-refractivity contribution >= 4 is 5.78 Å². The minimum absolute atomic E-state index is 0.0280. The number of Topliss-reactive ketones (excluding diaryl/α,β-unsaturated/α-hetero) is 1. The van der Waals surface area contributed by atoms with Crippen LogP contribution < -0.4 is 5.56 Å². The van der Waals surface area contributed by atoms with E-state index in [1.807, 2.05) is 6.07 Å². The molecule has 0 saturated heterocycles. The maximum atomic E-state index is 11.3. The Morgan fingerprint density at radius 3 is 2.71 bits per heavy atom. The molecule has 0 spiro atoms. The molecule has 0 atom stereocenters. The van der Waals surface area contributed by atoms with Crippen LogP contribution in [-0.4, -0.2) is 10.4 Å². The molecule has 0 aliphatic carbocycles. The maximum Gasteiger partial charge on any atom is 0.251 e. The Kier molecular flexibility index (Phi) is 2.82. The van der Waals surface area contributed by atoms with Crippen molar-refractivity contribution in [1.29, 1.82) is 5.26 Å². The van der Waals surface area contributed by atoms with Gasteiger partial charge in [-0.3, -0.25) is 9.59 Å². The highest BCUT2D eigenvalue weighted by molar-refractivity contribution is 5.75. The fourth-order valence-corrected chi connectivity index (χ4v) is 1.21. The second-order valence-corrected chi connectivity index (χ2v) is 3.07. The lowest BCUT2D eigenvalue weighted by Crippen LogP contribution is -2.25. The van der Waals surface area contributed by atoms with E-state index in [2.05, 4.69) is 0 Å². The number of nitrogens with zero attached hydrogens (tertiary/aromatic N) is 2. The lowest BCUT2D eigenvalue weighted by atomic mass is 10.2. The molecule has 0 radical (unpaired) electrons. The minimum Gasteiger partial charge on any atom is -0.304 e. The van der Waals surface area contributed by atoms with Crippen molar-refractivity contribution in [2.45, 2.75) is 20.4 Å². The summed E-state index contributed by atoms with van der Waals surface area (Å²) in [5.41, 5.74) is 0.706. The Hall–Kier alpha value is -1.89. The molecular weight excluding hydrogens is 180 g/mol. The van der Waals surface area contributed by atoms with E-state index in [-0.39, 0.29) is 17.9 Å². The first-order chi connectivity index (χ1) is 6.56. The number of carbonyl (C=O) groups excluding carboxylic acids is 1. The molecule has 0 amide bonds. The van der Waals surface area contributed by atoms with Crippen LogP contribution in [0, 0.1) is 18.3 Å². The molecule has 0 aliphatic rings. The van der Waals surface area contributed by atoms with Crippen LogP contribution >= 0.6 is 0 Å². The van der Waals surface area contributed by atoms with E-state index in [4.69, 9.17) is 5.26 Å². The Morgan fingerprint density at radius 2 is 2.21 bits per heavy atom. The molecule has 4 heteroatoms. The van der Waals surface area contributed by atoms with Crippen LogP contribution in [0.5, 0.6) is 0 Å². The Morgan fingerprint density at radius 1 is 1.57 bits per heavy atom. The number of aromatic nitrogens is 1. The van der Waals surface area contributed by atoms with Gasteiger partial charge in [0.2, 0.25) is 0 Å². The lowest BCUT2D eigenvalue weighted by Gasteiger charge is -2.07. The van der Waals surface area contributed by atoms with Gasteiger partial charge in [-0.1, -0.05) is 0 Å². The smallest absolute Gasteiger partial charge is 0.251 e. The van der Waals surface area contributed by atoms with E-state index >= 15 is 0 Å². The summed E-state index contributed by atoms with van der Waals surface area (Å²) in [5.74, 6) is -0.106. The van der Waals surface area contributed by atoms with Gasteiger partial charge in [0.05, 0.1) is 12.1 Å². The van der Waals surface area contributed by atoms with Crippen LogP contribution in [0.25, 0.3) is 0 Å². The average molecular weight is 190 g/mol. The zero-order valence-corrected chi connectivity index (χ0v) is 8.07. The lowest BCUT2D eigenvalue weighted by molar-refractivity contribution is -0.117. The normalized spacial score (nSPS) is 9.50. The van der Waals surface area contributed by atoms with Crippen molar-refractivity contribution in [3.05, 3.63) is 33.7 Å². The van der Waals surface area contributed by atoms with Crippen LogP contribution in [0.15, 0.2) is 16.9 Å². The quantitative estimate of drug-likeness (QED) is 0.686. The average Bonchev–Trinajstić information content (AvgIpc) is 2.12. The van der Waals surface area contributed by atoms with Gasteiger partial charge in [0.25, 0.3) is 5.56 Å². The topological polar surface area (TPSA) is 62.9 Å². The van der Waals surface area contributed by atoms with Gasteiger partial charge in [0, 0.05) is 11.8 Å². The monoisotopic (exact) mass is 190 g/mol. The molecule has 0 aliphatic heterocycles. The van der Waals surface area contributed by atoms with Gasteiger partial charge < -0.3 is 4.57 Å². The highest BCUT2D eigenvalue weighted by Gasteiger charge is 2.06. The summed E-state index contributed by atoms with van der Waals surface area (Å²) >= 11 is 0. The summed E-state index contributed by atoms with van der Waals surface area (Å²) in [6, 6.07) is 4.73. The summed E-state index contributed by atoms with van der Waals surface area (Å²) < 4.78 is 1.31. The summed E-state index contributed by atoms with van der Waals surface area (Å²) in [6.07, 6.45) is 0. The second-order valence-electron chi connectivity index (χ2n) is 3.07. The fraction of sp³-hybridized carbons (Fsp3) is 0.300. The molecule has 4 nitrogen and oxygen atoms in total. The number of ketones is 1. The van der Waals surface area contributed by atoms with Crippen molar-refractivity contribution in [3.63, 3.8) is 0 Å². The first-order valence-corrected chi connectivity index (χ1v) is 4.16. The molecule has 1 aromatic heterocycles. The van der Waals surface area contributed by atoms with Gasteiger partial charge in [-0.2, -0.15) is 5.26 Å². The Bertz CT molecular complexity index is 466. The first-order valence-electron chi connectivity index (χ1n) is 4.16. The van der Waals surface area contributed by atoms with Crippen molar-refractivity contribution < 1.29 is 4.79 Å². The third-order valence-corrected chi connectivity index (χ3v) is 1.95. The predicted octanol–water partition coefficient (Wildman–Crippen LogP) is 0.617. The molecule has 72 valence electrons. The van der Waals surface area contributed by atoms with Gasteiger partial charge in [-0.15, -0.1) is 0 Å². The van der Waals surface area contributed by atoms with Crippen LogP contribution in [0.4, 0.5) is 0 Å².